The van der Waals surface area contributed by atoms with E-state index in [1.165, 1.54) is 0 Å². The minimum atomic E-state index is -0.505. The van der Waals surface area contributed by atoms with Gasteiger partial charge in [-0.2, -0.15) is 0 Å². The van der Waals surface area contributed by atoms with Gasteiger partial charge in [-0.3, -0.25) is 4.90 Å². The van der Waals surface area contributed by atoms with Crippen LogP contribution < -0.4 is 0 Å². The lowest BCUT2D eigenvalue weighted by molar-refractivity contribution is -0.147. The Morgan fingerprint density at radius 1 is 1.13 bits per heavy atom. The summed E-state index contributed by atoms with van der Waals surface area (Å²) in [5, 5.41) is 20.3. The number of hydrogen-bond acceptors (Lipinski definition) is 3. The van der Waals surface area contributed by atoms with E-state index in [1.54, 1.807) is 0 Å². The van der Waals surface area contributed by atoms with Crippen LogP contribution in [0.25, 0.3) is 0 Å². The average molecular weight is 213 g/mol. The summed E-state index contributed by atoms with van der Waals surface area (Å²) >= 11 is 0. The fourth-order valence-corrected chi connectivity index (χ4v) is 2.81. The molecule has 0 aromatic carbocycles. The van der Waals surface area contributed by atoms with Gasteiger partial charge >= 0.3 is 0 Å². The van der Waals surface area contributed by atoms with Crippen LogP contribution in [-0.4, -0.2) is 45.9 Å². The van der Waals surface area contributed by atoms with E-state index in [-0.39, 0.29) is 0 Å². The van der Waals surface area contributed by atoms with Gasteiger partial charge in [0.1, 0.15) is 0 Å². The quantitative estimate of drug-likeness (QED) is 0.735. The number of aliphatic hydroxyl groups is 2. The molecule has 0 amide bonds. The summed E-state index contributed by atoms with van der Waals surface area (Å²) < 4.78 is 0. The first kappa shape index (κ1) is 11.4. The van der Waals surface area contributed by atoms with E-state index in [0.717, 1.165) is 45.3 Å². The second-order valence-electron chi connectivity index (χ2n) is 5.83. The Balaban J connectivity index is 1.80. The fraction of sp³-hybridized carbons (Fsp3) is 1.00. The van der Waals surface area contributed by atoms with Gasteiger partial charge < -0.3 is 10.2 Å². The summed E-state index contributed by atoms with van der Waals surface area (Å²) in [6.07, 6.45) is 4.17. The van der Waals surface area contributed by atoms with Crippen molar-refractivity contribution in [3.63, 3.8) is 0 Å². The molecule has 0 radical (unpaired) electrons. The van der Waals surface area contributed by atoms with E-state index < -0.39 is 11.2 Å². The Morgan fingerprint density at radius 3 is 2.13 bits per heavy atom. The molecule has 3 heteroatoms. The van der Waals surface area contributed by atoms with E-state index in [1.807, 2.05) is 0 Å². The average Bonchev–Trinajstić information content (AvgIpc) is 2.49. The summed E-state index contributed by atoms with van der Waals surface area (Å²) in [5.41, 5.74) is -0.965. The van der Waals surface area contributed by atoms with Crippen LogP contribution in [0.2, 0.25) is 0 Å². The monoisotopic (exact) mass is 213 g/mol. The number of β-amino-alcohol motifs (C(OH)–C–C–N with tert-alkyl or cyclic N) is 2. The molecule has 3 nitrogen and oxygen atoms in total. The maximum atomic E-state index is 10.2. The van der Waals surface area contributed by atoms with Gasteiger partial charge in [-0.05, 0) is 18.8 Å². The summed E-state index contributed by atoms with van der Waals surface area (Å²) in [6, 6.07) is 0. The van der Waals surface area contributed by atoms with Crippen molar-refractivity contribution in [2.24, 2.45) is 5.92 Å². The third-order valence-electron chi connectivity index (χ3n) is 4.12. The van der Waals surface area contributed by atoms with Crippen molar-refractivity contribution >= 4 is 0 Å². The lowest BCUT2D eigenvalue weighted by Crippen LogP contribution is -2.66. The molecule has 2 fully saturated rings. The van der Waals surface area contributed by atoms with Gasteiger partial charge in [0.05, 0.1) is 11.2 Å². The highest BCUT2D eigenvalue weighted by atomic mass is 16.3. The zero-order valence-electron chi connectivity index (χ0n) is 9.87. The van der Waals surface area contributed by atoms with E-state index in [4.69, 9.17) is 0 Å². The number of likely N-dealkylation sites (tertiary alicyclic amines) is 1. The minimum Gasteiger partial charge on any atom is -0.389 e. The Morgan fingerprint density at radius 2 is 1.67 bits per heavy atom. The topological polar surface area (TPSA) is 43.7 Å². The fourth-order valence-electron chi connectivity index (χ4n) is 2.81. The third-order valence-corrected chi connectivity index (χ3v) is 4.12. The van der Waals surface area contributed by atoms with Crippen LogP contribution in [0.1, 0.15) is 39.5 Å². The van der Waals surface area contributed by atoms with Crippen molar-refractivity contribution in [1.29, 1.82) is 0 Å². The van der Waals surface area contributed by atoms with Gasteiger partial charge in [-0.25, -0.2) is 0 Å². The number of nitrogens with zero attached hydrogens (tertiary/aromatic N) is 1. The SMILES string of the molecule is CC(C)C1(O)CN(CC2(O)CCCC2)C1. The molecule has 1 saturated carbocycles. The molecule has 2 rings (SSSR count). The lowest BCUT2D eigenvalue weighted by atomic mass is 9.82. The van der Waals surface area contributed by atoms with E-state index in [0.29, 0.717) is 5.92 Å². The van der Waals surface area contributed by atoms with Crippen LogP contribution in [-0.2, 0) is 0 Å². The van der Waals surface area contributed by atoms with Crippen molar-refractivity contribution in [3.8, 4) is 0 Å². The summed E-state index contributed by atoms with van der Waals surface area (Å²) in [6.45, 7) is 6.32. The van der Waals surface area contributed by atoms with Gasteiger partial charge in [0.15, 0.2) is 0 Å². The van der Waals surface area contributed by atoms with Gasteiger partial charge in [0, 0.05) is 19.6 Å². The molecule has 0 aromatic rings. The molecule has 1 aliphatic carbocycles. The Labute approximate surface area is 92.1 Å². The summed E-state index contributed by atoms with van der Waals surface area (Å²) in [4.78, 5) is 2.19. The highest BCUT2D eigenvalue weighted by Crippen LogP contribution is 2.35. The summed E-state index contributed by atoms with van der Waals surface area (Å²) in [5.74, 6) is 0.312. The van der Waals surface area contributed by atoms with Gasteiger partial charge in [0.2, 0.25) is 0 Å². The highest BCUT2D eigenvalue weighted by Gasteiger charge is 2.46. The van der Waals surface area contributed by atoms with E-state index in [9.17, 15) is 10.2 Å². The molecule has 1 aliphatic heterocycles. The molecular weight excluding hydrogens is 190 g/mol. The normalized spacial score (nSPS) is 29.4. The third kappa shape index (κ3) is 2.19. The van der Waals surface area contributed by atoms with Crippen LogP contribution >= 0.6 is 0 Å². The van der Waals surface area contributed by atoms with Crippen molar-refractivity contribution in [3.05, 3.63) is 0 Å². The lowest BCUT2D eigenvalue weighted by Gasteiger charge is -2.51. The van der Waals surface area contributed by atoms with Gasteiger partial charge in [0.25, 0.3) is 0 Å². The summed E-state index contributed by atoms with van der Waals surface area (Å²) in [7, 11) is 0. The van der Waals surface area contributed by atoms with Crippen LogP contribution in [0.4, 0.5) is 0 Å². The first-order valence-electron chi connectivity index (χ1n) is 6.11. The predicted octanol–water partition coefficient (Wildman–Crippen LogP) is 0.994. The molecule has 2 aliphatic rings. The molecule has 0 aromatic heterocycles. The zero-order valence-corrected chi connectivity index (χ0v) is 9.87. The minimum absolute atomic E-state index is 0.312. The molecule has 0 unspecified atom stereocenters. The molecule has 0 bridgehead atoms. The molecule has 88 valence electrons. The molecule has 0 atom stereocenters. The maximum absolute atomic E-state index is 10.2. The molecule has 1 heterocycles. The Hall–Kier alpha value is -0.120. The van der Waals surface area contributed by atoms with Crippen LogP contribution in [0, 0.1) is 5.92 Å². The first-order valence-corrected chi connectivity index (χ1v) is 6.11. The molecule has 15 heavy (non-hydrogen) atoms. The van der Waals surface area contributed by atoms with Crippen LogP contribution in [0.3, 0.4) is 0 Å². The zero-order chi connectivity index (χ0) is 11.1. The second-order valence-corrected chi connectivity index (χ2v) is 5.83. The maximum Gasteiger partial charge on any atom is 0.0922 e. The highest BCUT2D eigenvalue weighted by molar-refractivity contribution is 5.00. The standard InChI is InChI=1S/C12H23NO2/c1-10(2)12(15)8-13(9-12)7-11(14)5-3-4-6-11/h10,14-15H,3-9H2,1-2H3. The smallest absolute Gasteiger partial charge is 0.0922 e. The van der Waals surface area contributed by atoms with Crippen molar-refractivity contribution in [1.82, 2.24) is 4.90 Å². The largest absolute Gasteiger partial charge is 0.389 e. The van der Waals surface area contributed by atoms with Crippen molar-refractivity contribution < 1.29 is 10.2 Å². The van der Waals surface area contributed by atoms with E-state index >= 15 is 0 Å². The van der Waals surface area contributed by atoms with Gasteiger partial charge in [-0.1, -0.05) is 26.7 Å². The van der Waals surface area contributed by atoms with Crippen molar-refractivity contribution in [2.45, 2.75) is 50.7 Å². The number of hydrogen-bond donors (Lipinski definition) is 2. The molecule has 1 saturated heterocycles. The molecule has 0 spiro atoms. The van der Waals surface area contributed by atoms with E-state index in [2.05, 4.69) is 18.7 Å². The van der Waals surface area contributed by atoms with Crippen molar-refractivity contribution in [2.75, 3.05) is 19.6 Å². The Kier molecular flexibility index (Phi) is 2.82. The predicted molar refractivity (Wildman–Crippen MR) is 59.6 cm³/mol. The molecular formula is C12H23NO2. The molecule has 2 N–H and O–H groups in total. The second kappa shape index (κ2) is 3.72. The van der Waals surface area contributed by atoms with Crippen LogP contribution in [0.5, 0.6) is 0 Å². The number of rotatable bonds is 3. The van der Waals surface area contributed by atoms with Gasteiger partial charge in [-0.15, -0.1) is 0 Å². The Bertz CT molecular complexity index is 228. The first-order chi connectivity index (χ1) is 6.94. The van der Waals surface area contributed by atoms with Crippen LogP contribution in [0.15, 0.2) is 0 Å².